The molecule has 0 spiro atoms. The standard InChI is InChI=1S/C25H40N6O5.C17H31N3O6.C13H17N3O4.C13H15N3O4.C13H19N3O2.C8H5NO5.C6H13N.2CH4.H3N/c1-16(2)21(26)20(32)15-18(5-4-10-28-25(27)36)23(34)29-19-8-6-17(7-9-19)22(33)24(35)31-13-11-30(3)12-14-31;1-10(2)11(9-13(21)26-17(3,4)5)14(22)20-12(15(23)24)7-6-8-19-16(18)25;2*1-14-6-8-15(9-7-14)13(18)12(17)10-2-4-11(5-3-10)16(19)20;1-15-6-8-16(9-7-15)13(18)12(17)10-2-4-11(14)5-3-10;10-7(8(11)12)5-1-3-6(4-2-5)9(13)14;1-7-5-3-2-4-6-7;;;/h6-9,16,18,21-22,33H,4-5,10-15,26H2,1-3H3,(H,29,34)(H3,27,28,36);10-12H,6-9H2,1-5H3,(H,20,22)(H,23,24)(H3,18,19,25);2-5,12,17H,6-9H2,1H3;2-5H,6-9H2,1H3;2-5,12,17H,6-9,14H2,1H3;1-4H,(H,11,12);2-6H2,1H3;2*1H4;1H3/t18-,21+,22?;11-,12-;;;;;;;;/m10......../s1. The number of benzene rings is 5. The highest BCUT2D eigenvalue weighted by Gasteiger charge is 2.35. The van der Waals surface area contributed by atoms with E-state index in [0.717, 1.165) is 76.6 Å². The molecule has 0 aromatic heterocycles. The number of ether oxygens (including phenoxy) is 1. The Balaban J connectivity index is 0.000000866. The number of aliphatic carboxylic acids is 2. The Morgan fingerprint density at radius 3 is 1.10 bits per heavy atom. The van der Waals surface area contributed by atoms with Crippen LogP contribution in [-0.2, 0) is 52.7 Å². The van der Waals surface area contributed by atoms with Gasteiger partial charge in [0.1, 0.15) is 11.6 Å². The second kappa shape index (κ2) is 64.9. The van der Waals surface area contributed by atoms with Crippen molar-refractivity contribution < 1.29 is 112 Å². The summed E-state index contributed by atoms with van der Waals surface area (Å²) >= 11 is 0. The molecule has 0 saturated carbocycles. The zero-order valence-electron chi connectivity index (χ0n) is 82.9. The summed E-state index contributed by atoms with van der Waals surface area (Å²) in [6, 6.07) is 24.9. The zero-order valence-corrected chi connectivity index (χ0v) is 82.9. The second-order valence-electron chi connectivity index (χ2n) is 36.3. The highest BCUT2D eigenvalue weighted by Crippen LogP contribution is 2.27. The number of likely N-dealkylation sites (tertiary alicyclic amines) is 1. The number of rotatable bonds is 33. The number of nitro groups is 3. The number of ketones is 3. The van der Waals surface area contributed by atoms with E-state index in [-0.39, 0.29) is 123 Å². The van der Waals surface area contributed by atoms with Crippen LogP contribution in [0.4, 0.5) is 38.0 Å². The Morgan fingerprint density at radius 2 is 0.778 bits per heavy atom. The molecule has 5 aromatic carbocycles. The van der Waals surface area contributed by atoms with E-state index in [1.54, 1.807) is 97.8 Å². The number of carbonyl (C=O) groups excluding carboxylic acids is 12. The summed E-state index contributed by atoms with van der Waals surface area (Å²) in [4.78, 5) is 212. The van der Waals surface area contributed by atoms with Gasteiger partial charge < -0.3 is 125 Å². The molecule has 5 fully saturated rings. The maximum absolute atomic E-state index is 13.0. The average Bonchev–Trinajstić information content (AvgIpc) is 0.844. The number of nitrogen functional groups attached to an aromatic ring is 1. The van der Waals surface area contributed by atoms with Crippen LogP contribution in [0.15, 0.2) is 121 Å². The lowest BCUT2D eigenvalue weighted by Gasteiger charge is -2.33. The van der Waals surface area contributed by atoms with Gasteiger partial charge in [0.25, 0.3) is 46.5 Å². The van der Waals surface area contributed by atoms with Crippen LogP contribution >= 0.6 is 0 Å². The largest absolute Gasteiger partial charge is 0.480 e. The Morgan fingerprint density at radius 1 is 0.444 bits per heavy atom. The number of amides is 10. The quantitative estimate of drug-likeness (QED) is 0.00443. The number of Topliss-reactive ketones (excluding diaryl/α,β-unsaturated/α-hetero) is 3. The zero-order chi connectivity index (χ0) is 106. The molecule has 5 aliphatic heterocycles. The van der Waals surface area contributed by atoms with E-state index in [1.165, 1.54) is 85.8 Å². The third-order valence-electron chi connectivity index (χ3n) is 23.2. The molecule has 0 radical (unpaired) electrons. The first-order valence-corrected chi connectivity index (χ1v) is 46.3. The van der Waals surface area contributed by atoms with Gasteiger partial charge in [-0.2, -0.15) is 0 Å². The number of aliphatic hydroxyl groups is 3. The lowest BCUT2D eigenvalue weighted by atomic mass is 9.90. The summed E-state index contributed by atoms with van der Waals surface area (Å²) in [6.07, 6.45) is 1.78. The van der Waals surface area contributed by atoms with E-state index in [9.17, 15) is 118 Å². The molecular formula is C97H151N21O26. The van der Waals surface area contributed by atoms with E-state index in [2.05, 4.69) is 52.8 Å². The summed E-state index contributed by atoms with van der Waals surface area (Å²) in [5.41, 5.74) is 23.2. The summed E-state index contributed by atoms with van der Waals surface area (Å²) < 4.78 is 5.24. The van der Waals surface area contributed by atoms with Crippen LogP contribution in [0, 0.1) is 54.0 Å². The van der Waals surface area contributed by atoms with E-state index in [1.807, 2.05) is 42.0 Å². The normalized spacial score (nSPS) is 15.8. The van der Waals surface area contributed by atoms with Crippen LogP contribution < -0.4 is 50.4 Å². The molecule has 144 heavy (non-hydrogen) atoms. The molecule has 5 aliphatic rings. The van der Waals surface area contributed by atoms with Gasteiger partial charge in [0.2, 0.25) is 17.6 Å². The number of aliphatic hydroxyl groups excluding tert-OH is 3. The summed E-state index contributed by atoms with van der Waals surface area (Å²) in [5, 5.41) is 89.7. The van der Waals surface area contributed by atoms with Gasteiger partial charge in [-0.05, 0) is 197 Å². The van der Waals surface area contributed by atoms with Gasteiger partial charge in [0, 0.05) is 189 Å². The number of piperidine rings is 1. The van der Waals surface area contributed by atoms with Crippen molar-refractivity contribution in [1.82, 2.24) is 66.2 Å². The van der Waals surface area contributed by atoms with Crippen LogP contribution in [0.2, 0.25) is 0 Å². The SMILES string of the molecule is C.C.CC(C)[C@H](CC(=O)OC(C)(C)C)C(=O)N[C@@H](CCCNC(N)=O)C(=O)O.CC(C)[C@H](N)C(=O)C[C@@H](CCCNC(N)=O)C(=O)Nc1ccc(C(O)C(=O)N2CCN(C)CC2)cc1.CN1CCCCC1.CN1CCN(C(=O)C(=O)c2ccc([N+](=O)[O-])cc2)CC1.CN1CCN(C(=O)C(O)c2ccc(N)cc2)CC1.CN1CCN(C(=O)C(O)c2ccc([N+](=O)[O-])cc2)CC1.N.O=C(O)C(=O)c1ccc([N+](=O)[O-])cc1. The van der Waals surface area contributed by atoms with Crippen LogP contribution in [-0.4, -0.2) is 351 Å². The Labute approximate surface area is 840 Å². The molecule has 0 aliphatic carbocycles. The minimum absolute atomic E-state index is 0. The summed E-state index contributed by atoms with van der Waals surface area (Å²) in [5.74, 6) is -9.08. The van der Waals surface area contributed by atoms with Crippen molar-refractivity contribution in [2.24, 2.45) is 40.9 Å². The number of anilines is 2. The number of urea groups is 2. The number of primary amides is 2. The molecule has 47 nitrogen and oxygen atoms in total. The van der Waals surface area contributed by atoms with Gasteiger partial charge in [-0.1, -0.05) is 73.2 Å². The van der Waals surface area contributed by atoms with Crippen molar-refractivity contribution in [3.05, 3.63) is 179 Å². The van der Waals surface area contributed by atoms with E-state index in [0.29, 0.717) is 99.7 Å². The summed E-state index contributed by atoms with van der Waals surface area (Å²) in [6.45, 7) is 26.5. The first-order chi connectivity index (χ1) is 66.3. The van der Waals surface area contributed by atoms with Crippen LogP contribution in [0.3, 0.4) is 0 Å². The first-order valence-electron chi connectivity index (χ1n) is 46.3. The molecule has 20 N–H and O–H groups in total. The van der Waals surface area contributed by atoms with Gasteiger partial charge >= 0.3 is 30.0 Å². The van der Waals surface area contributed by atoms with Crippen molar-refractivity contribution in [1.29, 1.82) is 0 Å². The lowest BCUT2D eigenvalue weighted by Crippen LogP contribution is -2.49. The third-order valence-corrected chi connectivity index (χ3v) is 23.2. The number of esters is 1. The topological polar surface area (TPSA) is 695 Å². The molecule has 10 amide bonds. The van der Waals surface area contributed by atoms with Gasteiger partial charge in [-0.3, -0.25) is 78.3 Å². The number of carbonyl (C=O) groups is 14. The van der Waals surface area contributed by atoms with Crippen molar-refractivity contribution in [3.63, 3.8) is 0 Å². The number of hydrogen-bond acceptors (Lipinski definition) is 32. The number of carboxylic acids is 2. The Kier molecular flexibility index (Phi) is 57.9. The number of nitro benzene ring substituents is 3. The molecular weight excluding hydrogens is 1880 g/mol. The molecule has 3 unspecified atom stereocenters. The van der Waals surface area contributed by atoms with Crippen LogP contribution in [0.5, 0.6) is 0 Å². The van der Waals surface area contributed by atoms with Crippen molar-refractivity contribution in [2.45, 2.75) is 157 Å². The summed E-state index contributed by atoms with van der Waals surface area (Å²) in [7, 11) is 10.1. The van der Waals surface area contributed by atoms with Crippen LogP contribution in [0.25, 0.3) is 0 Å². The molecule has 10 rings (SSSR count). The van der Waals surface area contributed by atoms with E-state index >= 15 is 0 Å². The highest BCUT2D eigenvalue weighted by atomic mass is 16.6. The molecule has 0 bridgehead atoms. The van der Waals surface area contributed by atoms with Crippen molar-refractivity contribution in [3.8, 4) is 0 Å². The number of nitrogens with two attached hydrogens (primary N) is 4. The fourth-order valence-electron chi connectivity index (χ4n) is 14.3. The number of nitrogens with one attached hydrogen (secondary N) is 4. The minimum atomic E-state index is -1.58. The molecule has 5 saturated heterocycles. The van der Waals surface area contributed by atoms with Crippen LogP contribution in [0.1, 0.15) is 177 Å². The number of nitrogens with zero attached hydrogens (tertiary/aromatic N) is 12. The smallest absolute Gasteiger partial charge is 0.377 e. The fraction of sp³-hybridized carbons (Fsp3) is 0.546. The first kappa shape index (κ1) is 128. The highest BCUT2D eigenvalue weighted by molar-refractivity contribution is 6.42. The maximum atomic E-state index is 13.0. The fourth-order valence-corrected chi connectivity index (χ4v) is 14.3. The number of hydrogen-bond donors (Lipinski definition) is 14. The lowest BCUT2D eigenvalue weighted by molar-refractivity contribution is -0.385. The average molecular weight is 2030 g/mol. The Hall–Kier alpha value is -13.5. The molecule has 5 aromatic rings. The molecule has 47 heteroatoms. The van der Waals surface area contributed by atoms with E-state index < -0.39 is 116 Å². The molecule has 800 valence electrons. The van der Waals surface area contributed by atoms with Gasteiger partial charge in [-0.25, -0.2) is 19.2 Å². The van der Waals surface area contributed by atoms with Crippen molar-refractivity contribution >= 4 is 111 Å². The maximum Gasteiger partial charge on any atom is 0.377 e. The number of piperazine rings is 4. The van der Waals surface area contributed by atoms with Gasteiger partial charge in [-0.15, -0.1) is 0 Å². The predicted octanol–water partition coefficient (Wildman–Crippen LogP) is 5.88. The minimum Gasteiger partial charge on any atom is -0.480 e. The van der Waals surface area contributed by atoms with E-state index in [4.69, 9.17) is 32.8 Å². The van der Waals surface area contributed by atoms with Gasteiger partial charge in [0.15, 0.2) is 24.1 Å². The Bertz CT molecular complexity index is 4920. The predicted molar refractivity (Wildman–Crippen MR) is 540 cm³/mol. The number of non-ortho nitro benzene ring substituents is 3. The third kappa shape index (κ3) is 46.7. The van der Waals surface area contributed by atoms with Crippen molar-refractivity contribution in [2.75, 3.05) is 177 Å². The van der Waals surface area contributed by atoms with Gasteiger partial charge in [0.05, 0.1) is 33.2 Å². The molecule has 7 atom stereocenters. The number of carboxylic acid groups (broad SMARTS) is 2. The second-order valence-corrected chi connectivity index (χ2v) is 36.3. The molecule has 5 heterocycles. The monoisotopic (exact) mass is 2030 g/mol. The number of likely N-dealkylation sites (N-methyl/N-ethyl adjacent to an activating group) is 4.